The first-order valence-electron chi connectivity index (χ1n) is 18.4. The second-order valence-corrected chi connectivity index (χ2v) is 15.5. The molecule has 7 aromatic rings. The number of hydrogen-bond donors (Lipinski definition) is 0. The van der Waals surface area contributed by atoms with Gasteiger partial charge in [0.25, 0.3) is 0 Å². The Morgan fingerprint density at radius 2 is 1.59 bits per heavy atom. The highest BCUT2D eigenvalue weighted by Gasteiger charge is 2.19. The van der Waals surface area contributed by atoms with Crippen molar-refractivity contribution in [2.45, 2.75) is 87.0 Å². The van der Waals surface area contributed by atoms with Crippen molar-refractivity contribution in [3.63, 3.8) is 0 Å². The van der Waals surface area contributed by atoms with Gasteiger partial charge in [0, 0.05) is 40.4 Å². The van der Waals surface area contributed by atoms with E-state index in [1.165, 1.54) is 57.9 Å². The zero-order valence-electron chi connectivity index (χ0n) is 31.4. The fraction of sp³-hybridized carbons (Fsp3) is 0.304. The first-order valence-corrected chi connectivity index (χ1v) is 18.4. The molecule has 3 heterocycles. The minimum absolute atomic E-state index is 0.361. The molecule has 1 atom stereocenters. The van der Waals surface area contributed by atoms with Crippen LogP contribution in [0.3, 0.4) is 0 Å². The van der Waals surface area contributed by atoms with Gasteiger partial charge < -0.3 is 4.74 Å². The predicted octanol–water partition coefficient (Wildman–Crippen LogP) is 12.6. The van der Waals surface area contributed by atoms with Crippen LogP contribution in [-0.4, -0.2) is 19.3 Å². The number of benzene rings is 4. The largest absolute Gasteiger partial charge is 0.457 e. The second kappa shape index (κ2) is 13.9. The summed E-state index contributed by atoms with van der Waals surface area (Å²) >= 11 is 0. The molecule has 4 aromatic carbocycles. The molecule has 260 valence electrons. The quantitative estimate of drug-likeness (QED) is 0.145. The number of hydrogen-bond acceptors (Lipinski definition) is 3. The maximum absolute atomic E-state index is 6.72. The number of nitrogens with zero attached hydrogens (tertiary/aromatic N) is 4. The van der Waals surface area contributed by atoms with Crippen molar-refractivity contribution >= 4 is 21.8 Å². The number of pyridine rings is 1. The van der Waals surface area contributed by atoms with Crippen LogP contribution in [0.5, 0.6) is 11.5 Å². The summed E-state index contributed by atoms with van der Waals surface area (Å²) in [5.74, 6) is 2.97. The van der Waals surface area contributed by atoms with Gasteiger partial charge in [0.15, 0.2) is 0 Å². The zero-order chi connectivity index (χ0) is 35.9. The topological polar surface area (TPSA) is 44.9 Å². The van der Waals surface area contributed by atoms with Crippen molar-refractivity contribution in [3.8, 4) is 34.1 Å². The molecule has 0 aliphatic heterocycles. The van der Waals surface area contributed by atoms with Crippen molar-refractivity contribution in [2.75, 3.05) is 0 Å². The Balaban J connectivity index is 1.28. The van der Waals surface area contributed by atoms with E-state index in [2.05, 4.69) is 156 Å². The van der Waals surface area contributed by atoms with Crippen LogP contribution in [0.15, 0.2) is 103 Å². The molecule has 0 aliphatic rings. The minimum Gasteiger partial charge on any atom is -0.457 e. The number of aromatic nitrogens is 4. The average Bonchev–Trinajstić information content (AvgIpc) is 3.59. The van der Waals surface area contributed by atoms with Gasteiger partial charge in [0.05, 0.1) is 22.4 Å². The van der Waals surface area contributed by atoms with E-state index in [4.69, 9.17) is 14.8 Å². The fourth-order valence-corrected chi connectivity index (χ4v) is 7.46. The lowest BCUT2D eigenvalue weighted by molar-refractivity contribution is 0.354. The van der Waals surface area contributed by atoms with Crippen LogP contribution in [0.2, 0.25) is 0 Å². The van der Waals surface area contributed by atoms with E-state index < -0.39 is 0 Å². The Kier molecular flexibility index (Phi) is 9.32. The Morgan fingerprint density at radius 3 is 2.33 bits per heavy atom. The highest BCUT2D eigenvalue weighted by Crippen LogP contribution is 2.38. The molecule has 0 spiro atoms. The lowest BCUT2D eigenvalue weighted by Gasteiger charge is -2.19. The summed E-state index contributed by atoms with van der Waals surface area (Å²) in [5.41, 5.74) is 11.8. The standard InChI is InChI=1S/C46H50N4O/c1-9-34-25-37(50-33(5)45(32(4)48-50)35-15-11-10-12-16-35)28-39(26-34)51-38-18-19-40-41-27-36(31(3)14-13-22-46(6,7)8)17-20-42(41)49(43(40)29-38)44-24-30(2)21-23-47-44/h10-12,15-21,23-29,31H,9,13-14,22H2,1-8H3. The highest BCUT2D eigenvalue weighted by molar-refractivity contribution is 6.09. The lowest BCUT2D eigenvalue weighted by Crippen LogP contribution is -2.05. The van der Waals surface area contributed by atoms with Gasteiger partial charge in [-0.25, -0.2) is 9.67 Å². The molecule has 51 heavy (non-hydrogen) atoms. The molecule has 1 unspecified atom stereocenters. The van der Waals surface area contributed by atoms with Crippen molar-refractivity contribution in [1.82, 2.24) is 19.3 Å². The summed E-state index contributed by atoms with van der Waals surface area (Å²) in [5, 5.41) is 7.44. The summed E-state index contributed by atoms with van der Waals surface area (Å²) in [6.45, 7) is 17.9. The molecule has 0 bridgehead atoms. The Bertz CT molecular complexity index is 2340. The van der Waals surface area contributed by atoms with Crippen LogP contribution in [-0.2, 0) is 6.42 Å². The molecular formula is C46H50N4O. The monoisotopic (exact) mass is 674 g/mol. The van der Waals surface area contributed by atoms with E-state index in [1.54, 1.807) is 0 Å². The maximum Gasteiger partial charge on any atom is 0.137 e. The summed E-state index contributed by atoms with van der Waals surface area (Å²) in [4.78, 5) is 4.84. The number of ether oxygens (including phenoxy) is 1. The molecule has 0 amide bonds. The summed E-state index contributed by atoms with van der Waals surface area (Å²) in [6.07, 6.45) is 6.43. The van der Waals surface area contributed by atoms with E-state index in [0.717, 1.165) is 51.8 Å². The zero-order valence-corrected chi connectivity index (χ0v) is 31.4. The van der Waals surface area contributed by atoms with Crippen molar-refractivity contribution in [2.24, 2.45) is 5.41 Å². The molecule has 3 aromatic heterocycles. The van der Waals surface area contributed by atoms with Crippen LogP contribution >= 0.6 is 0 Å². The van der Waals surface area contributed by atoms with Gasteiger partial charge >= 0.3 is 0 Å². The minimum atomic E-state index is 0.361. The van der Waals surface area contributed by atoms with E-state index in [0.29, 0.717) is 11.3 Å². The Morgan fingerprint density at radius 1 is 0.784 bits per heavy atom. The van der Waals surface area contributed by atoms with Crippen LogP contribution < -0.4 is 4.74 Å². The maximum atomic E-state index is 6.72. The van der Waals surface area contributed by atoms with Gasteiger partial charge in [-0.3, -0.25) is 4.57 Å². The SMILES string of the molecule is CCc1cc(Oc2ccc3c4cc(C(C)CCCC(C)(C)C)ccc4n(-c4cc(C)ccn4)c3c2)cc(-n2nc(C)c(-c3ccccc3)c2C)c1. The molecule has 0 N–H and O–H groups in total. The molecule has 0 fully saturated rings. The smallest absolute Gasteiger partial charge is 0.137 e. The molecule has 5 heteroatoms. The third-order valence-corrected chi connectivity index (χ3v) is 10.2. The van der Waals surface area contributed by atoms with Crippen LogP contribution in [0.1, 0.15) is 87.9 Å². The van der Waals surface area contributed by atoms with Crippen molar-refractivity contribution in [1.29, 1.82) is 0 Å². The van der Waals surface area contributed by atoms with E-state index in [9.17, 15) is 0 Å². The second-order valence-electron chi connectivity index (χ2n) is 15.5. The summed E-state index contributed by atoms with van der Waals surface area (Å²) < 4.78 is 11.1. The average molecular weight is 675 g/mol. The highest BCUT2D eigenvalue weighted by atomic mass is 16.5. The first kappa shape index (κ1) is 34.3. The number of aryl methyl sites for hydroxylation is 3. The van der Waals surface area contributed by atoms with Gasteiger partial charge in [-0.1, -0.05) is 77.4 Å². The Labute approximate surface area is 302 Å². The van der Waals surface area contributed by atoms with Gasteiger partial charge in [-0.15, -0.1) is 0 Å². The molecule has 0 saturated carbocycles. The van der Waals surface area contributed by atoms with Gasteiger partial charge in [-0.05, 0) is 122 Å². The van der Waals surface area contributed by atoms with E-state index in [1.807, 2.05) is 12.3 Å². The molecular weight excluding hydrogens is 625 g/mol. The number of fused-ring (bicyclic) bond motifs is 3. The molecule has 0 saturated heterocycles. The normalized spacial score (nSPS) is 12.5. The summed E-state index contributed by atoms with van der Waals surface area (Å²) in [7, 11) is 0. The molecule has 0 aliphatic carbocycles. The molecule has 5 nitrogen and oxygen atoms in total. The number of rotatable bonds is 10. The third kappa shape index (κ3) is 7.08. The van der Waals surface area contributed by atoms with Crippen LogP contribution in [0.4, 0.5) is 0 Å². The van der Waals surface area contributed by atoms with Gasteiger partial charge in [-0.2, -0.15) is 5.10 Å². The molecule has 7 rings (SSSR count). The first-order chi connectivity index (χ1) is 24.5. The molecule has 0 radical (unpaired) electrons. The van der Waals surface area contributed by atoms with Gasteiger partial charge in [0.1, 0.15) is 17.3 Å². The van der Waals surface area contributed by atoms with Crippen molar-refractivity contribution in [3.05, 3.63) is 131 Å². The van der Waals surface area contributed by atoms with Crippen LogP contribution in [0.25, 0.3) is 44.4 Å². The third-order valence-electron chi connectivity index (χ3n) is 10.2. The summed E-state index contributed by atoms with van der Waals surface area (Å²) in [6, 6.07) is 34.6. The van der Waals surface area contributed by atoms with E-state index >= 15 is 0 Å². The Hall–Kier alpha value is -5.16. The van der Waals surface area contributed by atoms with E-state index in [-0.39, 0.29) is 0 Å². The van der Waals surface area contributed by atoms with Crippen molar-refractivity contribution < 1.29 is 4.74 Å². The fourth-order valence-electron chi connectivity index (χ4n) is 7.46. The van der Waals surface area contributed by atoms with Crippen LogP contribution in [0, 0.1) is 26.2 Å². The lowest BCUT2D eigenvalue weighted by atomic mass is 9.86. The predicted molar refractivity (Wildman–Crippen MR) is 213 cm³/mol. The van der Waals surface area contributed by atoms with Gasteiger partial charge in [0.2, 0.25) is 0 Å².